The van der Waals surface area contributed by atoms with Gasteiger partial charge in [0, 0.05) is 18.8 Å². The molecule has 6 heteroatoms. The van der Waals surface area contributed by atoms with Crippen molar-refractivity contribution in [3.63, 3.8) is 0 Å². The van der Waals surface area contributed by atoms with Gasteiger partial charge < -0.3 is 15.6 Å². The van der Waals surface area contributed by atoms with Crippen molar-refractivity contribution in [3.05, 3.63) is 0 Å². The highest BCUT2D eigenvalue weighted by atomic mass is 32.2. The highest BCUT2D eigenvalue weighted by Crippen LogP contribution is 2.12. The molecule has 0 bridgehead atoms. The van der Waals surface area contributed by atoms with E-state index in [-0.39, 0.29) is 6.10 Å². The van der Waals surface area contributed by atoms with Crippen LogP contribution in [-0.2, 0) is 9.53 Å². The van der Waals surface area contributed by atoms with E-state index in [0.717, 1.165) is 37.7 Å². The minimum absolute atomic E-state index is 0.273. The van der Waals surface area contributed by atoms with Crippen molar-refractivity contribution in [1.29, 1.82) is 0 Å². The molecule has 0 aromatic carbocycles. The lowest BCUT2D eigenvalue weighted by molar-refractivity contribution is -0.138. The zero-order chi connectivity index (χ0) is 12.7. The number of thioether (sulfide) groups is 1. The van der Waals surface area contributed by atoms with Gasteiger partial charge in [0.2, 0.25) is 0 Å². The van der Waals surface area contributed by atoms with E-state index >= 15 is 0 Å². The van der Waals surface area contributed by atoms with Crippen LogP contribution >= 0.6 is 11.8 Å². The maximum atomic E-state index is 10.5. The molecule has 0 saturated carbocycles. The molecule has 17 heavy (non-hydrogen) atoms. The number of carboxylic acid groups (broad SMARTS) is 1. The van der Waals surface area contributed by atoms with Gasteiger partial charge in [-0.3, -0.25) is 9.69 Å². The molecule has 2 unspecified atom stereocenters. The second-order valence-electron chi connectivity index (χ2n) is 4.19. The van der Waals surface area contributed by atoms with Crippen LogP contribution in [0.15, 0.2) is 0 Å². The molecule has 0 aromatic heterocycles. The van der Waals surface area contributed by atoms with Crippen molar-refractivity contribution in [2.45, 2.75) is 25.5 Å². The van der Waals surface area contributed by atoms with Crippen LogP contribution in [0.4, 0.5) is 0 Å². The molecule has 3 N–H and O–H groups in total. The first-order chi connectivity index (χ1) is 8.13. The summed E-state index contributed by atoms with van der Waals surface area (Å²) >= 11 is 1.72. The quantitative estimate of drug-likeness (QED) is 0.640. The Morgan fingerprint density at radius 2 is 2.47 bits per heavy atom. The minimum atomic E-state index is -0.920. The van der Waals surface area contributed by atoms with Crippen LogP contribution in [0.5, 0.6) is 0 Å². The Balaban J connectivity index is 2.08. The fraction of sp³-hybridized carbons (Fsp3) is 0.909. The van der Waals surface area contributed by atoms with Crippen LogP contribution in [0.1, 0.15) is 13.3 Å². The zero-order valence-electron chi connectivity index (χ0n) is 10.3. The lowest BCUT2D eigenvalue weighted by Gasteiger charge is -2.31. The Morgan fingerprint density at radius 3 is 3.12 bits per heavy atom. The van der Waals surface area contributed by atoms with Crippen LogP contribution in [0.25, 0.3) is 0 Å². The Hall–Kier alpha value is -0.300. The predicted molar refractivity (Wildman–Crippen MR) is 69.4 cm³/mol. The lowest BCUT2D eigenvalue weighted by Crippen LogP contribution is -2.43. The van der Waals surface area contributed by atoms with Crippen molar-refractivity contribution in [3.8, 4) is 0 Å². The summed E-state index contributed by atoms with van der Waals surface area (Å²) < 4.78 is 5.65. The van der Waals surface area contributed by atoms with Crippen molar-refractivity contribution in [2.24, 2.45) is 5.73 Å². The van der Waals surface area contributed by atoms with Crippen molar-refractivity contribution in [1.82, 2.24) is 4.90 Å². The van der Waals surface area contributed by atoms with E-state index in [1.54, 1.807) is 11.8 Å². The van der Waals surface area contributed by atoms with Gasteiger partial charge in [0.05, 0.1) is 12.7 Å². The summed E-state index contributed by atoms with van der Waals surface area (Å²) in [5, 5.41) is 8.63. The Morgan fingerprint density at radius 1 is 1.71 bits per heavy atom. The second kappa shape index (κ2) is 7.92. The fourth-order valence-corrected chi connectivity index (χ4v) is 2.77. The SMILES string of the molecule is CCN1CCOC(CSCCC(N)C(=O)O)C1. The number of carboxylic acids is 1. The standard InChI is InChI=1S/C11H22N2O3S/c1-2-13-4-5-16-9(7-13)8-17-6-3-10(12)11(14)15/h9-10H,2-8,12H2,1H3,(H,14,15). The molecule has 0 aromatic rings. The normalized spacial score (nSPS) is 23.5. The third-order valence-electron chi connectivity index (χ3n) is 2.86. The number of hydrogen-bond donors (Lipinski definition) is 2. The molecular weight excluding hydrogens is 240 g/mol. The zero-order valence-corrected chi connectivity index (χ0v) is 11.1. The van der Waals surface area contributed by atoms with Crippen molar-refractivity contribution >= 4 is 17.7 Å². The first-order valence-electron chi connectivity index (χ1n) is 6.03. The van der Waals surface area contributed by atoms with E-state index in [9.17, 15) is 4.79 Å². The molecule has 2 atom stereocenters. The fourth-order valence-electron chi connectivity index (χ4n) is 1.72. The number of carbonyl (C=O) groups is 1. The van der Waals surface area contributed by atoms with Crippen LogP contribution in [-0.4, -0.2) is 65.9 Å². The van der Waals surface area contributed by atoms with Gasteiger partial charge in [0.15, 0.2) is 0 Å². The molecule has 0 radical (unpaired) electrons. The summed E-state index contributed by atoms with van der Waals surface area (Å²) in [6.07, 6.45) is 0.791. The molecule has 0 aliphatic carbocycles. The molecule has 1 rings (SSSR count). The summed E-state index contributed by atoms with van der Waals surface area (Å²) in [6.45, 7) is 6.01. The molecule has 0 spiro atoms. The van der Waals surface area contributed by atoms with Crippen LogP contribution in [0, 0.1) is 0 Å². The van der Waals surface area contributed by atoms with E-state index < -0.39 is 12.0 Å². The van der Waals surface area contributed by atoms with Gasteiger partial charge >= 0.3 is 5.97 Å². The van der Waals surface area contributed by atoms with Crippen LogP contribution in [0.3, 0.4) is 0 Å². The van der Waals surface area contributed by atoms with E-state index in [4.69, 9.17) is 15.6 Å². The molecule has 1 aliphatic rings. The predicted octanol–water partition coefficient (Wildman–Crippen LogP) is 0.242. The number of rotatable bonds is 7. The highest BCUT2D eigenvalue weighted by molar-refractivity contribution is 7.99. The van der Waals surface area contributed by atoms with Gasteiger partial charge in [0.25, 0.3) is 0 Å². The van der Waals surface area contributed by atoms with E-state index in [0.29, 0.717) is 6.42 Å². The number of ether oxygens (including phenoxy) is 1. The number of aliphatic carboxylic acids is 1. The number of hydrogen-bond acceptors (Lipinski definition) is 5. The number of nitrogens with zero attached hydrogens (tertiary/aromatic N) is 1. The molecule has 5 nitrogen and oxygen atoms in total. The van der Waals surface area contributed by atoms with Crippen LogP contribution in [0.2, 0.25) is 0 Å². The Bertz CT molecular complexity index is 241. The molecule has 100 valence electrons. The largest absolute Gasteiger partial charge is 0.480 e. The first kappa shape index (κ1) is 14.8. The van der Waals surface area contributed by atoms with E-state index in [2.05, 4.69) is 11.8 Å². The smallest absolute Gasteiger partial charge is 0.320 e. The van der Waals surface area contributed by atoms with Crippen molar-refractivity contribution < 1.29 is 14.6 Å². The Labute approximate surface area is 107 Å². The van der Waals surface area contributed by atoms with Gasteiger partial charge in [-0.1, -0.05) is 6.92 Å². The summed E-state index contributed by atoms with van der Waals surface area (Å²) in [4.78, 5) is 12.9. The topological polar surface area (TPSA) is 75.8 Å². The van der Waals surface area contributed by atoms with Crippen molar-refractivity contribution in [2.75, 3.05) is 37.7 Å². The molecule has 1 saturated heterocycles. The third-order valence-corrected chi connectivity index (χ3v) is 4.00. The van der Waals surface area contributed by atoms with E-state index in [1.165, 1.54) is 0 Å². The van der Waals surface area contributed by atoms with Gasteiger partial charge in [-0.15, -0.1) is 0 Å². The molecule has 0 amide bonds. The van der Waals surface area contributed by atoms with Gasteiger partial charge in [-0.05, 0) is 18.7 Å². The average molecular weight is 262 g/mol. The highest BCUT2D eigenvalue weighted by Gasteiger charge is 2.19. The maximum Gasteiger partial charge on any atom is 0.320 e. The molecule has 1 aliphatic heterocycles. The number of likely N-dealkylation sites (N-methyl/N-ethyl adjacent to an activating group) is 1. The number of morpholine rings is 1. The van der Waals surface area contributed by atoms with Crippen LogP contribution < -0.4 is 5.73 Å². The molecule has 1 fully saturated rings. The maximum absolute atomic E-state index is 10.5. The summed E-state index contributed by atoms with van der Waals surface area (Å²) in [7, 11) is 0. The average Bonchev–Trinajstić information content (AvgIpc) is 2.34. The summed E-state index contributed by atoms with van der Waals surface area (Å²) in [6, 6.07) is -0.734. The molecular formula is C11H22N2O3S. The van der Waals surface area contributed by atoms with Gasteiger partial charge in [0.1, 0.15) is 6.04 Å². The lowest BCUT2D eigenvalue weighted by atomic mass is 10.2. The van der Waals surface area contributed by atoms with E-state index in [1.807, 2.05) is 0 Å². The van der Waals surface area contributed by atoms with Gasteiger partial charge in [-0.2, -0.15) is 11.8 Å². The molecule has 1 heterocycles. The van der Waals surface area contributed by atoms with Gasteiger partial charge in [-0.25, -0.2) is 0 Å². The third kappa shape index (κ3) is 5.72. The minimum Gasteiger partial charge on any atom is -0.480 e. The summed E-state index contributed by atoms with van der Waals surface area (Å²) in [5.74, 6) is 0.777. The first-order valence-corrected chi connectivity index (χ1v) is 7.19. The summed E-state index contributed by atoms with van der Waals surface area (Å²) in [5.41, 5.74) is 5.43. The number of nitrogens with two attached hydrogens (primary N) is 1. The Kier molecular flexibility index (Phi) is 6.87. The second-order valence-corrected chi connectivity index (χ2v) is 5.34. The monoisotopic (exact) mass is 262 g/mol.